The molecule has 0 amide bonds. The van der Waals surface area contributed by atoms with Gasteiger partial charge in [-0.25, -0.2) is 0 Å². The molecule has 2 heterocycles. The van der Waals surface area contributed by atoms with Crippen molar-refractivity contribution in [2.45, 2.75) is 57.9 Å². The normalized spacial score (nSPS) is 20.6. The van der Waals surface area contributed by atoms with E-state index in [1.807, 2.05) is 6.92 Å². The molecule has 0 aromatic carbocycles. The van der Waals surface area contributed by atoms with Gasteiger partial charge in [-0.1, -0.05) is 18.5 Å². The molecule has 2 fully saturated rings. The third-order valence-corrected chi connectivity index (χ3v) is 6.15. The van der Waals surface area contributed by atoms with Gasteiger partial charge in [0.15, 0.2) is 5.82 Å². The Bertz CT molecular complexity index is 591. The van der Waals surface area contributed by atoms with Crippen LogP contribution in [0.25, 0.3) is 0 Å². The zero-order valence-corrected chi connectivity index (χ0v) is 13.9. The maximum absolute atomic E-state index is 12.8. The van der Waals surface area contributed by atoms with Gasteiger partial charge in [0, 0.05) is 25.6 Å². The number of rotatable bonds is 7. The summed E-state index contributed by atoms with van der Waals surface area (Å²) in [5.41, 5.74) is 0. The molecule has 1 saturated carbocycles. The highest BCUT2D eigenvalue weighted by Gasteiger charge is 2.33. The first-order chi connectivity index (χ1) is 10.6. The molecule has 124 valence electrons. The fourth-order valence-electron chi connectivity index (χ4n) is 2.77. The molecule has 0 spiro atoms. The molecular weight excluding hydrogens is 304 g/mol. The third kappa shape index (κ3) is 3.49. The van der Waals surface area contributed by atoms with Gasteiger partial charge in [0.2, 0.25) is 5.89 Å². The van der Waals surface area contributed by atoms with Gasteiger partial charge >= 0.3 is 0 Å². The number of piperidine rings is 1. The highest BCUT2D eigenvalue weighted by molar-refractivity contribution is 7.86. The van der Waals surface area contributed by atoms with E-state index >= 15 is 0 Å². The Kier molecular flexibility index (Phi) is 4.79. The lowest BCUT2D eigenvalue weighted by atomic mass is 10.2. The van der Waals surface area contributed by atoms with Crippen molar-refractivity contribution in [1.29, 1.82) is 0 Å². The van der Waals surface area contributed by atoms with Gasteiger partial charge in [0.25, 0.3) is 10.2 Å². The van der Waals surface area contributed by atoms with Crippen LogP contribution in [0.5, 0.6) is 0 Å². The lowest BCUT2D eigenvalue weighted by Gasteiger charge is -2.31. The Labute approximate surface area is 131 Å². The van der Waals surface area contributed by atoms with Crippen LogP contribution in [0.4, 0.5) is 0 Å². The van der Waals surface area contributed by atoms with Gasteiger partial charge in [-0.3, -0.25) is 0 Å². The summed E-state index contributed by atoms with van der Waals surface area (Å²) < 4.78 is 33.9. The highest BCUT2D eigenvalue weighted by atomic mass is 32.2. The first-order valence-corrected chi connectivity index (χ1v) is 9.58. The van der Waals surface area contributed by atoms with E-state index in [0.717, 1.165) is 38.5 Å². The summed E-state index contributed by atoms with van der Waals surface area (Å²) in [6, 6.07) is 0. The molecule has 3 rings (SSSR count). The van der Waals surface area contributed by atoms with Crippen LogP contribution in [-0.2, 0) is 16.8 Å². The van der Waals surface area contributed by atoms with Crippen LogP contribution < -0.4 is 0 Å². The molecule has 0 unspecified atom stereocenters. The minimum absolute atomic E-state index is 0.197. The summed E-state index contributed by atoms with van der Waals surface area (Å²) in [4.78, 5) is 4.35. The molecule has 1 aliphatic heterocycles. The summed E-state index contributed by atoms with van der Waals surface area (Å²) in [6.07, 6.45) is 5.93. The topological polar surface area (TPSA) is 79.5 Å². The maximum atomic E-state index is 12.8. The second kappa shape index (κ2) is 6.64. The Hall–Kier alpha value is -0.990. The van der Waals surface area contributed by atoms with Gasteiger partial charge in [-0.15, -0.1) is 0 Å². The van der Waals surface area contributed by atoms with Gasteiger partial charge in [0.05, 0.1) is 6.54 Å². The van der Waals surface area contributed by atoms with E-state index in [4.69, 9.17) is 4.52 Å². The molecule has 0 atom stereocenters. The van der Waals surface area contributed by atoms with Crippen molar-refractivity contribution in [2.24, 2.45) is 0 Å². The van der Waals surface area contributed by atoms with Gasteiger partial charge < -0.3 is 4.52 Å². The van der Waals surface area contributed by atoms with Crippen LogP contribution in [0.15, 0.2) is 4.52 Å². The Balaban J connectivity index is 1.72. The average molecular weight is 328 g/mol. The van der Waals surface area contributed by atoms with E-state index in [9.17, 15) is 8.42 Å². The minimum atomic E-state index is -3.43. The van der Waals surface area contributed by atoms with Crippen molar-refractivity contribution in [2.75, 3.05) is 19.6 Å². The van der Waals surface area contributed by atoms with Crippen LogP contribution in [0.1, 0.15) is 63.1 Å². The largest absolute Gasteiger partial charge is 0.339 e. The molecule has 1 aliphatic carbocycles. The SMILES string of the molecule is CCCN(Cc1noc(C2CC2)n1)S(=O)(=O)N1CCCCC1. The number of hydrogen-bond acceptors (Lipinski definition) is 5. The second-order valence-corrected chi connectivity index (χ2v) is 8.05. The lowest BCUT2D eigenvalue weighted by Crippen LogP contribution is -2.46. The van der Waals surface area contributed by atoms with Crippen molar-refractivity contribution >= 4 is 10.2 Å². The summed E-state index contributed by atoms with van der Waals surface area (Å²) in [7, 11) is -3.43. The average Bonchev–Trinajstić information content (AvgIpc) is 3.27. The molecule has 2 aliphatic rings. The first-order valence-electron chi connectivity index (χ1n) is 8.19. The molecule has 1 aromatic heterocycles. The Morgan fingerprint density at radius 3 is 2.64 bits per heavy atom. The third-order valence-electron chi connectivity index (χ3n) is 4.17. The zero-order chi connectivity index (χ0) is 15.6. The van der Waals surface area contributed by atoms with Gasteiger partial charge in [-0.2, -0.15) is 22.0 Å². The van der Waals surface area contributed by atoms with Crippen molar-refractivity contribution in [3.8, 4) is 0 Å². The van der Waals surface area contributed by atoms with Crippen molar-refractivity contribution < 1.29 is 12.9 Å². The van der Waals surface area contributed by atoms with E-state index in [0.29, 0.717) is 37.3 Å². The molecule has 0 bridgehead atoms. The van der Waals surface area contributed by atoms with Crippen LogP contribution in [0, 0.1) is 0 Å². The first kappa shape index (κ1) is 15.9. The number of hydrogen-bond donors (Lipinski definition) is 0. The van der Waals surface area contributed by atoms with Crippen LogP contribution in [0.2, 0.25) is 0 Å². The second-order valence-electron chi connectivity index (χ2n) is 6.12. The van der Waals surface area contributed by atoms with E-state index in [1.54, 1.807) is 4.31 Å². The number of nitrogens with zero attached hydrogens (tertiary/aromatic N) is 4. The van der Waals surface area contributed by atoms with Gasteiger partial charge in [-0.05, 0) is 32.1 Å². The predicted octanol–water partition coefficient (Wildman–Crippen LogP) is 1.89. The molecule has 22 heavy (non-hydrogen) atoms. The van der Waals surface area contributed by atoms with Gasteiger partial charge in [0.1, 0.15) is 0 Å². The van der Waals surface area contributed by atoms with Crippen molar-refractivity contribution in [3.05, 3.63) is 11.7 Å². The summed E-state index contributed by atoms with van der Waals surface area (Å²) in [5, 5.41) is 3.95. The Morgan fingerprint density at radius 2 is 2.00 bits per heavy atom. The summed E-state index contributed by atoms with van der Waals surface area (Å²) in [6.45, 7) is 3.88. The van der Waals surface area contributed by atoms with Crippen LogP contribution in [0.3, 0.4) is 0 Å². The lowest BCUT2D eigenvalue weighted by molar-refractivity contribution is 0.294. The smallest absolute Gasteiger partial charge is 0.282 e. The highest BCUT2D eigenvalue weighted by Crippen LogP contribution is 2.38. The van der Waals surface area contributed by atoms with Crippen LogP contribution >= 0.6 is 0 Å². The van der Waals surface area contributed by atoms with E-state index in [1.165, 1.54) is 4.31 Å². The summed E-state index contributed by atoms with van der Waals surface area (Å²) in [5.74, 6) is 1.51. The molecular formula is C14H24N4O3S. The fourth-order valence-corrected chi connectivity index (χ4v) is 4.51. The fraction of sp³-hybridized carbons (Fsp3) is 0.857. The van der Waals surface area contributed by atoms with E-state index in [-0.39, 0.29) is 6.54 Å². The predicted molar refractivity (Wildman–Crippen MR) is 81.3 cm³/mol. The molecule has 1 saturated heterocycles. The summed E-state index contributed by atoms with van der Waals surface area (Å²) >= 11 is 0. The van der Waals surface area contributed by atoms with E-state index < -0.39 is 10.2 Å². The quantitative estimate of drug-likeness (QED) is 0.763. The van der Waals surface area contributed by atoms with Crippen LogP contribution in [-0.4, -0.2) is 46.8 Å². The molecule has 7 nitrogen and oxygen atoms in total. The Morgan fingerprint density at radius 1 is 1.27 bits per heavy atom. The molecule has 0 radical (unpaired) electrons. The zero-order valence-electron chi connectivity index (χ0n) is 13.1. The molecule has 0 N–H and O–H groups in total. The monoisotopic (exact) mass is 328 g/mol. The van der Waals surface area contributed by atoms with Crippen molar-refractivity contribution in [1.82, 2.24) is 18.8 Å². The van der Waals surface area contributed by atoms with E-state index in [2.05, 4.69) is 10.1 Å². The molecule has 8 heteroatoms. The standard InChI is InChI=1S/C14H24N4O3S/c1-2-8-18(22(19,20)17-9-4-3-5-10-17)11-13-15-14(21-16-13)12-6-7-12/h12H,2-11H2,1H3. The number of aromatic nitrogens is 2. The molecule has 1 aromatic rings. The minimum Gasteiger partial charge on any atom is -0.339 e. The maximum Gasteiger partial charge on any atom is 0.282 e. The van der Waals surface area contributed by atoms with Crippen molar-refractivity contribution in [3.63, 3.8) is 0 Å².